The first-order chi connectivity index (χ1) is 7.63. The van der Waals surface area contributed by atoms with Crippen molar-refractivity contribution in [2.75, 3.05) is 6.61 Å². The van der Waals surface area contributed by atoms with E-state index in [9.17, 15) is 0 Å². The average molecular weight is 285 g/mol. The summed E-state index contributed by atoms with van der Waals surface area (Å²) in [4.78, 5) is 4.44. The predicted molar refractivity (Wildman–Crippen MR) is 64.1 cm³/mol. The predicted octanol–water partition coefficient (Wildman–Crippen LogP) is 2.29. The Morgan fingerprint density at radius 1 is 1.50 bits per heavy atom. The molecule has 1 N–H and O–H groups in total. The maximum absolute atomic E-state index is 8.93. The molecule has 5 heteroatoms. The van der Waals surface area contributed by atoms with E-state index in [1.165, 1.54) is 0 Å². The fourth-order valence-electron chi connectivity index (χ4n) is 1.56. The molecule has 0 radical (unpaired) electrons. The first-order valence-corrected chi connectivity index (χ1v) is 5.81. The van der Waals surface area contributed by atoms with E-state index >= 15 is 0 Å². The number of imidazole rings is 1. The van der Waals surface area contributed by atoms with E-state index in [-0.39, 0.29) is 6.61 Å². The van der Waals surface area contributed by atoms with Gasteiger partial charge in [-0.15, -0.1) is 0 Å². The Balaban J connectivity index is 2.45. The standard InChI is InChI=1S/C11H13BrN2O2/c1-7-3-4-8(16-7)10-11(12)14(2)9(13-10)5-6-15/h3-4,15H,5-6H2,1-2H3. The topological polar surface area (TPSA) is 51.2 Å². The number of hydrogen-bond acceptors (Lipinski definition) is 3. The molecule has 0 aliphatic heterocycles. The van der Waals surface area contributed by atoms with Gasteiger partial charge in [-0.1, -0.05) is 0 Å². The SMILES string of the molecule is Cc1ccc(-c2nc(CCO)n(C)c2Br)o1. The van der Waals surface area contributed by atoms with Crippen LogP contribution in [0.3, 0.4) is 0 Å². The highest BCUT2D eigenvalue weighted by atomic mass is 79.9. The lowest BCUT2D eigenvalue weighted by Gasteiger charge is -1.98. The van der Waals surface area contributed by atoms with E-state index < -0.39 is 0 Å². The molecule has 86 valence electrons. The van der Waals surface area contributed by atoms with Gasteiger partial charge in [-0.2, -0.15) is 0 Å². The molecular weight excluding hydrogens is 272 g/mol. The van der Waals surface area contributed by atoms with Gasteiger partial charge >= 0.3 is 0 Å². The van der Waals surface area contributed by atoms with Gasteiger partial charge < -0.3 is 14.1 Å². The van der Waals surface area contributed by atoms with Crippen LogP contribution < -0.4 is 0 Å². The first-order valence-electron chi connectivity index (χ1n) is 5.02. The van der Waals surface area contributed by atoms with Crippen molar-refractivity contribution in [3.05, 3.63) is 28.3 Å². The Labute approximate surface area is 102 Å². The maximum atomic E-state index is 8.93. The maximum Gasteiger partial charge on any atom is 0.155 e. The van der Waals surface area contributed by atoms with Crippen molar-refractivity contribution in [1.29, 1.82) is 0 Å². The molecule has 2 aromatic heterocycles. The molecule has 0 aliphatic rings. The van der Waals surface area contributed by atoms with Crippen LogP contribution in [-0.4, -0.2) is 21.3 Å². The zero-order valence-corrected chi connectivity index (χ0v) is 10.8. The number of aromatic nitrogens is 2. The van der Waals surface area contributed by atoms with Gasteiger partial charge in [-0.25, -0.2) is 4.98 Å². The number of furan rings is 1. The quantitative estimate of drug-likeness (QED) is 0.941. The molecule has 4 nitrogen and oxygen atoms in total. The molecule has 16 heavy (non-hydrogen) atoms. The molecule has 0 bridgehead atoms. The molecule has 0 amide bonds. The third kappa shape index (κ3) is 1.92. The number of aliphatic hydroxyl groups excluding tert-OH is 1. The van der Waals surface area contributed by atoms with Crippen LogP contribution in [-0.2, 0) is 13.5 Å². The van der Waals surface area contributed by atoms with E-state index in [1.54, 1.807) is 0 Å². The van der Waals surface area contributed by atoms with Gasteiger partial charge in [0.1, 0.15) is 21.9 Å². The van der Waals surface area contributed by atoms with Crippen molar-refractivity contribution in [1.82, 2.24) is 9.55 Å². The number of nitrogens with zero attached hydrogens (tertiary/aromatic N) is 2. The molecule has 0 aromatic carbocycles. The van der Waals surface area contributed by atoms with Crippen LogP contribution in [0, 0.1) is 6.92 Å². The zero-order valence-electron chi connectivity index (χ0n) is 9.20. The van der Waals surface area contributed by atoms with Crippen LogP contribution in [0.15, 0.2) is 21.2 Å². The second-order valence-electron chi connectivity index (χ2n) is 3.61. The number of halogens is 1. The third-order valence-electron chi connectivity index (χ3n) is 2.43. The minimum absolute atomic E-state index is 0.0912. The summed E-state index contributed by atoms with van der Waals surface area (Å²) in [7, 11) is 1.90. The van der Waals surface area contributed by atoms with Crippen LogP contribution in [0.25, 0.3) is 11.5 Å². The van der Waals surface area contributed by atoms with E-state index in [0.717, 1.165) is 27.6 Å². The minimum Gasteiger partial charge on any atom is -0.460 e. The summed E-state index contributed by atoms with van der Waals surface area (Å²) in [6, 6.07) is 3.80. The molecule has 0 aliphatic carbocycles. The number of aliphatic hydroxyl groups is 1. The molecule has 0 saturated heterocycles. The number of rotatable bonds is 3. The molecule has 0 atom stereocenters. The van der Waals surface area contributed by atoms with E-state index in [2.05, 4.69) is 20.9 Å². The summed E-state index contributed by atoms with van der Waals surface area (Å²) in [5.74, 6) is 2.43. The van der Waals surface area contributed by atoms with Gasteiger partial charge in [0, 0.05) is 13.5 Å². The van der Waals surface area contributed by atoms with Crippen LogP contribution in [0.2, 0.25) is 0 Å². The molecule has 0 unspecified atom stereocenters. The molecule has 2 heterocycles. The first kappa shape index (κ1) is 11.4. The van der Waals surface area contributed by atoms with Crippen molar-refractivity contribution in [3.8, 4) is 11.5 Å². The van der Waals surface area contributed by atoms with Crippen molar-refractivity contribution in [2.24, 2.45) is 7.05 Å². The fraction of sp³-hybridized carbons (Fsp3) is 0.364. The van der Waals surface area contributed by atoms with Gasteiger partial charge in [-0.05, 0) is 35.0 Å². The highest BCUT2D eigenvalue weighted by Gasteiger charge is 2.16. The Morgan fingerprint density at radius 2 is 2.25 bits per heavy atom. The highest BCUT2D eigenvalue weighted by Crippen LogP contribution is 2.29. The number of hydrogen-bond donors (Lipinski definition) is 1. The average Bonchev–Trinajstić information content (AvgIpc) is 2.78. The second-order valence-corrected chi connectivity index (χ2v) is 4.36. The van der Waals surface area contributed by atoms with Crippen LogP contribution in [0.1, 0.15) is 11.6 Å². The smallest absolute Gasteiger partial charge is 0.155 e. The normalized spacial score (nSPS) is 11.0. The second kappa shape index (κ2) is 4.43. The highest BCUT2D eigenvalue weighted by molar-refractivity contribution is 9.10. The summed E-state index contributed by atoms with van der Waals surface area (Å²) >= 11 is 3.48. The van der Waals surface area contributed by atoms with Gasteiger partial charge in [0.2, 0.25) is 0 Å². The summed E-state index contributed by atoms with van der Waals surface area (Å²) < 4.78 is 8.30. The summed E-state index contributed by atoms with van der Waals surface area (Å²) in [6.45, 7) is 1.99. The summed E-state index contributed by atoms with van der Waals surface area (Å²) in [5, 5.41) is 8.93. The zero-order chi connectivity index (χ0) is 11.7. The van der Waals surface area contributed by atoms with E-state index in [0.29, 0.717) is 6.42 Å². The number of aryl methyl sites for hydroxylation is 1. The van der Waals surface area contributed by atoms with Crippen LogP contribution in [0.4, 0.5) is 0 Å². The van der Waals surface area contributed by atoms with Crippen molar-refractivity contribution in [3.63, 3.8) is 0 Å². The monoisotopic (exact) mass is 284 g/mol. The Morgan fingerprint density at radius 3 is 2.81 bits per heavy atom. The lowest BCUT2D eigenvalue weighted by molar-refractivity contribution is 0.295. The fourth-order valence-corrected chi connectivity index (χ4v) is 2.05. The van der Waals surface area contributed by atoms with Gasteiger partial charge in [0.05, 0.1) is 6.61 Å². The van der Waals surface area contributed by atoms with Crippen LogP contribution >= 0.6 is 15.9 Å². The molecule has 0 fully saturated rings. The van der Waals surface area contributed by atoms with Gasteiger partial charge in [0.15, 0.2) is 5.76 Å². The lowest BCUT2D eigenvalue weighted by Crippen LogP contribution is -2.00. The summed E-state index contributed by atoms with van der Waals surface area (Å²) in [5.41, 5.74) is 0.777. The van der Waals surface area contributed by atoms with E-state index in [1.807, 2.05) is 30.7 Å². The lowest BCUT2D eigenvalue weighted by atomic mass is 10.3. The molecular formula is C11H13BrN2O2. The van der Waals surface area contributed by atoms with Gasteiger partial charge in [0.25, 0.3) is 0 Å². The molecule has 0 saturated carbocycles. The molecule has 2 rings (SSSR count). The van der Waals surface area contributed by atoms with E-state index in [4.69, 9.17) is 9.52 Å². The third-order valence-corrected chi connectivity index (χ3v) is 3.33. The van der Waals surface area contributed by atoms with Crippen molar-refractivity contribution in [2.45, 2.75) is 13.3 Å². The van der Waals surface area contributed by atoms with Crippen molar-refractivity contribution >= 4 is 15.9 Å². The minimum atomic E-state index is 0.0912. The molecule has 2 aromatic rings. The molecule has 0 spiro atoms. The Bertz CT molecular complexity index is 502. The Kier molecular flexibility index (Phi) is 3.16. The van der Waals surface area contributed by atoms with Crippen LogP contribution in [0.5, 0.6) is 0 Å². The largest absolute Gasteiger partial charge is 0.460 e. The van der Waals surface area contributed by atoms with Crippen molar-refractivity contribution < 1.29 is 9.52 Å². The van der Waals surface area contributed by atoms with Gasteiger partial charge in [-0.3, -0.25) is 0 Å². The Hall–Kier alpha value is -1.07. The summed E-state index contributed by atoms with van der Waals surface area (Å²) in [6.07, 6.45) is 0.536.